The number of aromatic nitrogens is 1. The molecule has 1 fully saturated rings. The minimum absolute atomic E-state index is 0.00000667. The monoisotopic (exact) mass is 447 g/mol. The van der Waals surface area contributed by atoms with Gasteiger partial charge in [-0.2, -0.15) is 0 Å². The summed E-state index contributed by atoms with van der Waals surface area (Å²) in [5.74, 6) is 3.02. The van der Waals surface area contributed by atoms with Crippen molar-refractivity contribution < 1.29 is 19.0 Å². The second-order valence-corrected chi connectivity index (χ2v) is 8.64. The van der Waals surface area contributed by atoms with Gasteiger partial charge >= 0.3 is 0 Å². The van der Waals surface area contributed by atoms with E-state index in [0.29, 0.717) is 25.1 Å². The van der Waals surface area contributed by atoms with E-state index in [-0.39, 0.29) is 11.8 Å². The van der Waals surface area contributed by atoms with Crippen molar-refractivity contribution in [3.8, 4) is 17.2 Å². The van der Waals surface area contributed by atoms with Gasteiger partial charge in [0.15, 0.2) is 11.5 Å². The van der Waals surface area contributed by atoms with E-state index < -0.39 is 0 Å². The number of nitrogens with one attached hydrogen (secondary N) is 2. The third-order valence-corrected chi connectivity index (χ3v) is 6.51. The first kappa shape index (κ1) is 21.5. The molecule has 0 radical (unpaired) electrons. The van der Waals surface area contributed by atoms with E-state index in [2.05, 4.69) is 21.7 Å². The number of ether oxygens (including phenoxy) is 3. The predicted octanol–water partition coefficient (Wildman–Crippen LogP) is 4.30. The highest BCUT2D eigenvalue weighted by atomic mass is 16.6. The van der Waals surface area contributed by atoms with Gasteiger partial charge in [0.25, 0.3) is 0 Å². The van der Waals surface area contributed by atoms with Gasteiger partial charge in [-0.1, -0.05) is 12.1 Å². The highest BCUT2D eigenvalue weighted by Gasteiger charge is 2.27. The van der Waals surface area contributed by atoms with Crippen molar-refractivity contribution in [3.05, 3.63) is 54.2 Å². The van der Waals surface area contributed by atoms with E-state index >= 15 is 0 Å². The summed E-state index contributed by atoms with van der Waals surface area (Å²) in [5, 5.41) is 8.60. The Morgan fingerprint density at radius 1 is 1.03 bits per heavy atom. The maximum absolute atomic E-state index is 13.0. The van der Waals surface area contributed by atoms with Gasteiger partial charge in [-0.3, -0.25) is 4.79 Å². The quantitative estimate of drug-likeness (QED) is 0.586. The second-order valence-electron chi connectivity index (χ2n) is 8.64. The Kier molecular flexibility index (Phi) is 6.30. The Morgan fingerprint density at radius 2 is 1.85 bits per heavy atom. The third kappa shape index (κ3) is 4.88. The highest BCUT2D eigenvalue weighted by molar-refractivity contribution is 6.01. The van der Waals surface area contributed by atoms with Crippen LogP contribution in [-0.2, 0) is 11.3 Å². The molecule has 2 heterocycles. The summed E-state index contributed by atoms with van der Waals surface area (Å²) in [6.07, 6.45) is 5.39. The van der Waals surface area contributed by atoms with Crippen molar-refractivity contribution in [3.63, 3.8) is 0 Å². The van der Waals surface area contributed by atoms with Crippen LogP contribution in [0.3, 0.4) is 0 Å². The lowest BCUT2D eigenvalue weighted by atomic mass is 9.85. The van der Waals surface area contributed by atoms with E-state index in [9.17, 15) is 4.79 Å². The van der Waals surface area contributed by atoms with Crippen LogP contribution in [0, 0.1) is 5.92 Å². The molecule has 33 heavy (non-hydrogen) atoms. The Labute approximate surface area is 193 Å². The van der Waals surface area contributed by atoms with Gasteiger partial charge in [-0.05, 0) is 67.0 Å². The number of carbonyl (C=O) groups excluding carboxylic acids is 1. The number of methoxy groups -OCH3 is 1. The van der Waals surface area contributed by atoms with Crippen LogP contribution in [0.15, 0.2) is 48.7 Å². The average Bonchev–Trinajstić information content (AvgIpc) is 2.87. The molecular formula is C26H29N3O4. The molecule has 0 atom stereocenters. The molecule has 2 N–H and O–H groups in total. The van der Waals surface area contributed by atoms with Crippen LogP contribution in [0.1, 0.15) is 31.2 Å². The van der Waals surface area contributed by atoms with Crippen molar-refractivity contribution in [2.45, 2.75) is 38.3 Å². The lowest BCUT2D eigenvalue weighted by Gasteiger charge is -2.28. The first-order valence-electron chi connectivity index (χ1n) is 11.5. The van der Waals surface area contributed by atoms with Crippen molar-refractivity contribution in [1.29, 1.82) is 0 Å². The van der Waals surface area contributed by atoms with E-state index in [1.807, 2.05) is 36.4 Å². The van der Waals surface area contributed by atoms with Crippen LogP contribution in [0.2, 0.25) is 0 Å². The topological polar surface area (TPSA) is 81.7 Å². The molecule has 5 rings (SSSR count). The SMILES string of the molecule is COc1ccc2ccnc(NC(=O)C3CCC(NCc4ccc5c(c4)OCCO5)CC3)c2c1. The number of hydrogen-bond acceptors (Lipinski definition) is 6. The zero-order chi connectivity index (χ0) is 22.6. The summed E-state index contributed by atoms with van der Waals surface area (Å²) in [4.78, 5) is 17.4. The molecule has 7 heteroatoms. The van der Waals surface area contributed by atoms with Crippen molar-refractivity contribution in [1.82, 2.24) is 10.3 Å². The van der Waals surface area contributed by atoms with Gasteiger partial charge in [-0.25, -0.2) is 4.98 Å². The van der Waals surface area contributed by atoms with Crippen LogP contribution < -0.4 is 24.8 Å². The fraction of sp³-hybridized carbons (Fsp3) is 0.385. The van der Waals surface area contributed by atoms with Gasteiger partial charge in [0, 0.05) is 30.1 Å². The molecule has 7 nitrogen and oxygen atoms in total. The first-order valence-corrected chi connectivity index (χ1v) is 11.5. The highest BCUT2D eigenvalue weighted by Crippen LogP contribution is 2.32. The lowest BCUT2D eigenvalue weighted by Crippen LogP contribution is -2.36. The molecule has 0 bridgehead atoms. The summed E-state index contributed by atoms with van der Waals surface area (Å²) in [5.41, 5.74) is 1.18. The van der Waals surface area contributed by atoms with E-state index in [1.165, 1.54) is 5.56 Å². The minimum Gasteiger partial charge on any atom is -0.497 e. The van der Waals surface area contributed by atoms with Crippen LogP contribution >= 0.6 is 0 Å². The van der Waals surface area contributed by atoms with E-state index in [1.54, 1.807) is 13.3 Å². The molecule has 1 amide bonds. The number of hydrogen-bond donors (Lipinski definition) is 2. The summed E-state index contributed by atoms with van der Waals surface area (Å²) < 4.78 is 16.6. The van der Waals surface area contributed by atoms with E-state index in [4.69, 9.17) is 14.2 Å². The van der Waals surface area contributed by atoms with Crippen LogP contribution in [-0.4, -0.2) is 37.3 Å². The zero-order valence-electron chi connectivity index (χ0n) is 18.8. The maximum Gasteiger partial charge on any atom is 0.228 e. The smallest absolute Gasteiger partial charge is 0.228 e. The molecule has 2 aliphatic rings. The number of fused-ring (bicyclic) bond motifs is 2. The average molecular weight is 448 g/mol. The minimum atomic E-state index is 0.00000667. The number of carbonyl (C=O) groups is 1. The van der Waals surface area contributed by atoms with E-state index in [0.717, 1.165) is 60.2 Å². The van der Waals surface area contributed by atoms with Crippen LogP contribution in [0.5, 0.6) is 17.2 Å². The number of anilines is 1. The van der Waals surface area contributed by atoms with Gasteiger partial charge in [0.2, 0.25) is 5.91 Å². The Balaban J connectivity index is 1.14. The van der Waals surface area contributed by atoms with Crippen molar-refractivity contribution >= 4 is 22.5 Å². The summed E-state index contributed by atoms with van der Waals surface area (Å²) in [6.45, 7) is 1.98. The maximum atomic E-state index is 13.0. The van der Waals surface area contributed by atoms with Gasteiger partial charge < -0.3 is 24.8 Å². The Morgan fingerprint density at radius 3 is 2.67 bits per heavy atom. The van der Waals surface area contributed by atoms with Crippen molar-refractivity contribution in [2.75, 3.05) is 25.6 Å². The molecule has 1 saturated carbocycles. The zero-order valence-corrected chi connectivity index (χ0v) is 18.8. The lowest BCUT2D eigenvalue weighted by molar-refractivity contribution is -0.120. The Hall–Kier alpha value is -3.32. The fourth-order valence-corrected chi connectivity index (χ4v) is 4.61. The third-order valence-electron chi connectivity index (χ3n) is 6.51. The number of pyridine rings is 1. The molecule has 1 aromatic heterocycles. The predicted molar refractivity (Wildman–Crippen MR) is 127 cm³/mol. The standard InChI is InChI=1S/C26H29N3O4/c1-31-21-8-5-18-10-11-27-25(22(18)15-21)29-26(30)19-3-6-20(7-4-19)28-16-17-2-9-23-24(14-17)33-13-12-32-23/h2,5,8-11,14-15,19-20,28H,3-4,6-7,12-13,16H2,1H3,(H,27,29,30). The first-order chi connectivity index (χ1) is 16.2. The van der Waals surface area contributed by atoms with Gasteiger partial charge in [-0.15, -0.1) is 0 Å². The number of rotatable bonds is 6. The largest absolute Gasteiger partial charge is 0.497 e. The summed E-state index contributed by atoms with van der Waals surface area (Å²) in [7, 11) is 1.63. The molecule has 3 aromatic rings. The van der Waals surface area contributed by atoms with Crippen molar-refractivity contribution in [2.24, 2.45) is 5.92 Å². The number of nitrogens with zero attached hydrogens (tertiary/aromatic N) is 1. The second kappa shape index (κ2) is 9.67. The molecule has 0 unspecified atom stereocenters. The molecule has 172 valence electrons. The fourth-order valence-electron chi connectivity index (χ4n) is 4.61. The molecule has 1 aliphatic carbocycles. The summed E-state index contributed by atoms with van der Waals surface area (Å²) >= 11 is 0. The molecular weight excluding hydrogens is 418 g/mol. The Bertz CT molecular complexity index is 1140. The van der Waals surface area contributed by atoms with Crippen LogP contribution in [0.25, 0.3) is 10.8 Å². The molecule has 0 spiro atoms. The van der Waals surface area contributed by atoms with Gasteiger partial charge in [0.05, 0.1) is 7.11 Å². The summed E-state index contributed by atoms with van der Waals surface area (Å²) in [6, 6.07) is 14.2. The van der Waals surface area contributed by atoms with Gasteiger partial charge in [0.1, 0.15) is 24.8 Å². The normalized spacial score (nSPS) is 19.8. The molecule has 1 aliphatic heterocycles. The molecule has 2 aromatic carbocycles. The number of benzene rings is 2. The molecule has 0 saturated heterocycles. The number of amides is 1. The van der Waals surface area contributed by atoms with Crippen LogP contribution in [0.4, 0.5) is 5.82 Å².